The predicted octanol–water partition coefficient (Wildman–Crippen LogP) is 5.15. The molecular weight excluding hydrogens is 414 g/mol. The number of rotatable bonds is 5. The molecular formula is C25H24ClNO4. The van der Waals surface area contributed by atoms with Crippen LogP contribution in [0.1, 0.15) is 33.1 Å². The van der Waals surface area contributed by atoms with Crippen LogP contribution in [0, 0.1) is 0 Å². The van der Waals surface area contributed by atoms with Crippen LogP contribution in [0.5, 0.6) is 17.2 Å². The van der Waals surface area contributed by atoms with Crippen LogP contribution in [0.3, 0.4) is 0 Å². The molecule has 160 valence electrons. The molecule has 6 heteroatoms. The number of ether oxygens (including phenoxy) is 3. The van der Waals surface area contributed by atoms with E-state index in [4.69, 9.17) is 25.8 Å². The molecule has 0 N–H and O–H groups in total. The van der Waals surface area contributed by atoms with E-state index in [1.807, 2.05) is 41.3 Å². The van der Waals surface area contributed by atoms with E-state index in [-0.39, 0.29) is 11.9 Å². The summed E-state index contributed by atoms with van der Waals surface area (Å²) >= 11 is 6.15. The van der Waals surface area contributed by atoms with Crippen molar-refractivity contribution in [1.29, 1.82) is 0 Å². The van der Waals surface area contributed by atoms with Crippen molar-refractivity contribution in [3.05, 3.63) is 87.9 Å². The Morgan fingerprint density at radius 2 is 1.65 bits per heavy atom. The molecule has 0 bridgehead atoms. The third kappa shape index (κ3) is 4.06. The Labute approximate surface area is 187 Å². The monoisotopic (exact) mass is 437 g/mol. The van der Waals surface area contributed by atoms with E-state index in [1.165, 1.54) is 0 Å². The van der Waals surface area contributed by atoms with Crippen molar-refractivity contribution in [2.75, 3.05) is 27.9 Å². The van der Waals surface area contributed by atoms with Crippen LogP contribution < -0.4 is 14.2 Å². The lowest BCUT2D eigenvalue weighted by Crippen LogP contribution is -2.40. The zero-order chi connectivity index (χ0) is 22.0. The van der Waals surface area contributed by atoms with Gasteiger partial charge in [0.15, 0.2) is 11.5 Å². The van der Waals surface area contributed by atoms with Crippen molar-refractivity contribution in [2.24, 2.45) is 0 Å². The van der Waals surface area contributed by atoms with E-state index in [0.717, 1.165) is 22.4 Å². The Morgan fingerprint density at radius 1 is 0.935 bits per heavy atom. The Kier molecular flexibility index (Phi) is 6.05. The van der Waals surface area contributed by atoms with Crippen molar-refractivity contribution >= 4 is 17.5 Å². The zero-order valence-electron chi connectivity index (χ0n) is 17.7. The quantitative estimate of drug-likeness (QED) is 0.553. The molecule has 1 amide bonds. The van der Waals surface area contributed by atoms with Gasteiger partial charge in [-0.15, -0.1) is 0 Å². The molecule has 0 fully saturated rings. The summed E-state index contributed by atoms with van der Waals surface area (Å²) in [5.74, 6) is 2.02. The van der Waals surface area contributed by atoms with Gasteiger partial charge in [0.2, 0.25) is 0 Å². The second kappa shape index (κ2) is 8.90. The van der Waals surface area contributed by atoms with Gasteiger partial charge in [0.05, 0.1) is 27.4 Å². The maximum absolute atomic E-state index is 13.5. The Morgan fingerprint density at radius 3 is 2.29 bits per heavy atom. The number of hydrogen-bond donors (Lipinski definition) is 0. The maximum atomic E-state index is 13.5. The highest BCUT2D eigenvalue weighted by Gasteiger charge is 2.34. The largest absolute Gasteiger partial charge is 0.497 e. The highest BCUT2D eigenvalue weighted by atomic mass is 35.5. The van der Waals surface area contributed by atoms with Crippen LogP contribution in [0.15, 0.2) is 60.7 Å². The fourth-order valence-electron chi connectivity index (χ4n) is 4.10. The lowest BCUT2D eigenvalue weighted by Gasteiger charge is -2.38. The minimum Gasteiger partial charge on any atom is -0.497 e. The number of benzene rings is 3. The van der Waals surface area contributed by atoms with Gasteiger partial charge in [-0.3, -0.25) is 4.79 Å². The average molecular weight is 438 g/mol. The van der Waals surface area contributed by atoms with Gasteiger partial charge in [-0.2, -0.15) is 0 Å². The van der Waals surface area contributed by atoms with E-state index in [2.05, 4.69) is 0 Å². The predicted molar refractivity (Wildman–Crippen MR) is 121 cm³/mol. The van der Waals surface area contributed by atoms with Gasteiger partial charge >= 0.3 is 0 Å². The summed E-state index contributed by atoms with van der Waals surface area (Å²) in [7, 11) is 4.88. The summed E-state index contributed by atoms with van der Waals surface area (Å²) in [4.78, 5) is 15.4. The molecule has 1 atom stereocenters. The van der Waals surface area contributed by atoms with Crippen LogP contribution in [0.2, 0.25) is 5.02 Å². The van der Waals surface area contributed by atoms with Gasteiger partial charge in [0.25, 0.3) is 5.91 Å². The van der Waals surface area contributed by atoms with Crippen molar-refractivity contribution in [2.45, 2.75) is 12.5 Å². The topological polar surface area (TPSA) is 48.0 Å². The molecule has 0 unspecified atom stereocenters. The van der Waals surface area contributed by atoms with Gasteiger partial charge < -0.3 is 19.1 Å². The second-order valence-electron chi connectivity index (χ2n) is 7.34. The van der Waals surface area contributed by atoms with Crippen molar-refractivity contribution < 1.29 is 19.0 Å². The number of hydrogen-bond acceptors (Lipinski definition) is 4. The number of fused-ring (bicyclic) bond motifs is 1. The van der Waals surface area contributed by atoms with Crippen LogP contribution in [-0.2, 0) is 6.42 Å². The zero-order valence-corrected chi connectivity index (χ0v) is 18.5. The number of amides is 1. The fourth-order valence-corrected chi connectivity index (χ4v) is 4.29. The average Bonchev–Trinajstić information content (AvgIpc) is 2.82. The summed E-state index contributed by atoms with van der Waals surface area (Å²) in [5, 5.41) is 0.538. The molecule has 0 radical (unpaired) electrons. The highest BCUT2D eigenvalue weighted by Crippen LogP contribution is 2.41. The number of carbonyl (C=O) groups is 1. The first kappa shape index (κ1) is 21.1. The van der Waals surface area contributed by atoms with E-state index in [0.29, 0.717) is 35.1 Å². The first-order chi connectivity index (χ1) is 15.0. The molecule has 1 heterocycles. The highest BCUT2D eigenvalue weighted by molar-refractivity contribution is 6.30. The minimum atomic E-state index is -0.277. The minimum absolute atomic E-state index is 0.0660. The van der Waals surface area contributed by atoms with Crippen LogP contribution >= 0.6 is 11.6 Å². The van der Waals surface area contributed by atoms with E-state index >= 15 is 0 Å². The summed E-state index contributed by atoms with van der Waals surface area (Å²) in [6.45, 7) is 0.574. The summed E-state index contributed by atoms with van der Waals surface area (Å²) < 4.78 is 16.4. The van der Waals surface area contributed by atoms with Crippen LogP contribution in [0.4, 0.5) is 0 Å². The Balaban J connectivity index is 1.84. The Bertz CT molecular complexity index is 1100. The lowest BCUT2D eigenvalue weighted by atomic mass is 9.87. The molecule has 0 saturated heterocycles. The molecule has 0 aliphatic carbocycles. The van der Waals surface area contributed by atoms with Gasteiger partial charge in [0, 0.05) is 17.1 Å². The molecule has 1 aliphatic heterocycles. The standard InChI is InChI=1S/C25H24ClNO4/c1-29-20-9-7-16(8-10-20)24-21-15-23(31-3)22(30-2)14-17(21)11-12-27(24)25(28)18-5-4-6-19(26)13-18/h4-10,13-15,24H,11-12H2,1-3H3/t24-/m0/s1. The lowest BCUT2D eigenvalue weighted by molar-refractivity contribution is 0.0694. The number of nitrogens with zero attached hydrogens (tertiary/aromatic N) is 1. The van der Waals surface area contributed by atoms with Crippen molar-refractivity contribution in [3.8, 4) is 17.2 Å². The van der Waals surface area contributed by atoms with E-state index in [1.54, 1.807) is 45.6 Å². The summed E-state index contributed by atoms with van der Waals surface area (Å²) in [5.41, 5.74) is 3.71. The molecule has 1 aliphatic rings. The van der Waals surface area contributed by atoms with Crippen LogP contribution in [0.25, 0.3) is 0 Å². The fraction of sp³-hybridized carbons (Fsp3) is 0.240. The smallest absolute Gasteiger partial charge is 0.254 e. The van der Waals surface area contributed by atoms with Crippen molar-refractivity contribution in [3.63, 3.8) is 0 Å². The molecule has 0 saturated carbocycles. The first-order valence-electron chi connectivity index (χ1n) is 10.0. The molecule has 31 heavy (non-hydrogen) atoms. The third-order valence-corrected chi connectivity index (χ3v) is 5.87. The molecule has 5 nitrogen and oxygen atoms in total. The number of halogens is 1. The van der Waals surface area contributed by atoms with Gasteiger partial charge in [-0.25, -0.2) is 0 Å². The van der Waals surface area contributed by atoms with Gasteiger partial charge in [0.1, 0.15) is 5.75 Å². The molecule has 0 aromatic heterocycles. The van der Waals surface area contributed by atoms with E-state index in [9.17, 15) is 4.79 Å². The first-order valence-corrected chi connectivity index (χ1v) is 10.4. The second-order valence-corrected chi connectivity index (χ2v) is 7.78. The summed E-state index contributed by atoms with van der Waals surface area (Å²) in [6, 6.07) is 18.6. The number of carbonyl (C=O) groups excluding carboxylic acids is 1. The van der Waals surface area contributed by atoms with Gasteiger partial charge in [-0.05, 0) is 65.6 Å². The van der Waals surface area contributed by atoms with E-state index < -0.39 is 0 Å². The SMILES string of the molecule is COc1ccc([C@H]2c3cc(OC)c(OC)cc3CCN2C(=O)c2cccc(Cl)c2)cc1. The Hall–Kier alpha value is -3.18. The number of methoxy groups -OCH3 is 3. The third-order valence-electron chi connectivity index (χ3n) is 5.64. The summed E-state index contributed by atoms with van der Waals surface area (Å²) in [6.07, 6.45) is 0.717. The normalized spacial score (nSPS) is 15.2. The molecule has 0 spiro atoms. The van der Waals surface area contributed by atoms with Gasteiger partial charge in [-0.1, -0.05) is 29.8 Å². The molecule has 3 aromatic rings. The van der Waals surface area contributed by atoms with Crippen LogP contribution in [-0.4, -0.2) is 38.7 Å². The molecule has 4 rings (SSSR count). The molecule has 3 aromatic carbocycles. The van der Waals surface area contributed by atoms with Crippen molar-refractivity contribution in [1.82, 2.24) is 4.90 Å². The maximum Gasteiger partial charge on any atom is 0.254 e.